The van der Waals surface area contributed by atoms with Crippen LogP contribution in [0.15, 0.2) is 30.4 Å². The maximum Gasteiger partial charge on any atom is 0.160 e. The zero-order valence-electron chi connectivity index (χ0n) is 8.16. The van der Waals surface area contributed by atoms with Crippen molar-refractivity contribution >= 4 is 17.9 Å². The number of allylic oxidation sites excluding steroid dienone is 2. The fourth-order valence-corrected chi connectivity index (χ4v) is 1.68. The van der Waals surface area contributed by atoms with Crippen LogP contribution in [0.1, 0.15) is 34.8 Å². The van der Waals surface area contributed by atoms with E-state index in [1.54, 1.807) is 6.92 Å². The van der Waals surface area contributed by atoms with Gasteiger partial charge in [-0.2, -0.15) is 0 Å². The molecule has 1 aliphatic carbocycles. The summed E-state index contributed by atoms with van der Waals surface area (Å²) in [5.74, 6) is 0.127. The summed E-state index contributed by atoms with van der Waals surface area (Å²) in [5, 5.41) is 0. The van der Waals surface area contributed by atoms with Gasteiger partial charge in [-0.05, 0) is 24.5 Å². The van der Waals surface area contributed by atoms with Gasteiger partial charge in [-0.1, -0.05) is 42.5 Å². The van der Waals surface area contributed by atoms with Crippen LogP contribution in [0.4, 0.5) is 0 Å². The van der Waals surface area contributed by atoms with Gasteiger partial charge < -0.3 is 0 Å². The zero-order chi connectivity index (χ0) is 9.97. The summed E-state index contributed by atoms with van der Waals surface area (Å²) in [6.45, 7) is 1.61. The van der Waals surface area contributed by atoms with Crippen molar-refractivity contribution in [3.63, 3.8) is 0 Å². The Bertz CT molecular complexity index is 425. The number of ketones is 1. The minimum absolute atomic E-state index is 0.127. The van der Waals surface area contributed by atoms with E-state index >= 15 is 0 Å². The predicted molar refractivity (Wildman–Crippen MR) is 59.1 cm³/mol. The molecule has 2 rings (SSSR count). The summed E-state index contributed by atoms with van der Waals surface area (Å²) in [7, 11) is 0. The Morgan fingerprint density at radius 2 is 2.00 bits per heavy atom. The zero-order valence-corrected chi connectivity index (χ0v) is 8.16. The summed E-state index contributed by atoms with van der Waals surface area (Å²) in [4.78, 5) is 11.4. The normalized spacial score (nSPS) is 13.5. The van der Waals surface area contributed by atoms with E-state index in [-0.39, 0.29) is 5.78 Å². The van der Waals surface area contributed by atoms with E-state index in [0.717, 1.165) is 23.1 Å². The van der Waals surface area contributed by atoms with Crippen molar-refractivity contribution in [2.45, 2.75) is 13.3 Å². The second-order valence-electron chi connectivity index (χ2n) is 3.41. The molecule has 0 saturated heterocycles. The fourth-order valence-electron chi connectivity index (χ4n) is 1.68. The minimum Gasteiger partial charge on any atom is -0.294 e. The molecule has 1 nitrogen and oxygen atoms in total. The van der Waals surface area contributed by atoms with E-state index in [1.807, 2.05) is 24.3 Å². The Kier molecular flexibility index (Phi) is 2.32. The van der Waals surface area contributed by atoms with Gasteiger partial charge in [0.25, 0.3) is 0 Å². The van der Waals surface area contributed by atoms with Gasteiger partial charge in [-0.25, -0.2) is 0 Å². The molecule has 0 atom stereocenters. The molecule has 0 bridgehead atoms. The van der Waals surface area contributed by atoms with E-state index in [4.69, 9.17) is 0 Å². The molecule has 70 valence electrons. The number of hydrogen-bond acceptors (Lipinski definition) is 1. The summed E-state index contributed by atoms with van der Waals surface area (Å²) >= 11 is 0. The predicted octanol–water partition coefficient (Wildman–Crippen LogP) is 3.32. The molecule has 0 aliphatic heterocycles. The SMILES string of the molecule is CC(=O)c1cccc2c1C=CCC=C2. The lowest BCUT2D eigenvalue weighted by atomic mass is 9.99. The van der Waals surface area contributed by atoms with Gasteiger partial charge in [-0.15, -0.1) is 0 Å². The molecule has 1 heteroatoms. The van der Waals surface area contributed by atoms with Gasteiger partial charge in [0.2, 0.25) is 0 Å². The van der Waals surface area contributed by atoms with Gasteiger partial charge in [0.05, 0.1) is 0 Å². The van der Waals surface area contributed by atoms with Crippen molar-refractivity contribution in [1.29, 1.82) is 0 Å². The van der Waals surface area contributed by atoms with Gasteiger partial charge in [-0.3, -0.25) is 4.79 Å². The van der Waals surface area contributed by atoms with Gasteiger partial charge in [0.15, 0.2) is 5.78 Å². The second kappa shape index (κ2) is 3.62. The molecule has 0 radical (unpaired) electrons. The van der Waals surface area contributed by atoms with Crippen molar-refractivity contribution < 1.29 is 4.79 Å². The maximum absolute atomic E-state index is 11.4. The first kappa shape index (κ1) is 8.95. The van der Waals surface area contributed by atoms with Crippen molar-refractivity contribution in [1.82, 2.24) is 0 Å². The third-order valence-corrected chi connectivity index (χ3v) is 2.37. The third kappa shape index (κ3) is 1.53. The van der Waals surface area contributed by atoms with Gasteiger partial charge in [0.1, 0.15) is 0 Å². The summed E-state index contributed by atoms with van der Waals surface area (Å²) in [6, 6.07) is 5.84. The van der Waals surface area contributed by atoms with Gasteiger partial charge >= 0.3 is 0 Å². The third-order valence-electron chi connectivity index (χ3n) is 2.37. The molecule has 0 unspecified atom stereocenters. The average molecular weight is 184 g/mol. The Morgan fingerprint density at radius 1 is 1.21 bits per heavy atom. The molecular weight excluding hydrogens is 172 g/mol. The molecular formula is C13H12O. The average Bonchev–Trinajstić information content (AvgIpc) is 2.41. The molecule has 0 spiro atoms. The summed E-state index contributed by atoms with van der Waals surface area (Å²) in [5.41, 5.74) is 2.99. The number of Topliss-reactive ketones (excluding diaryl/α,β-unsaturated/α-hetero) is 1. The Labute approximate surface area is 83.8 Å². The highest BCUT2D eigenvalue weighted by Crippen LogP contribution is 2.21. The number of carbonyl (C=O) groups is 1. The van der Waals surface area contributed by atoms with Crippen LogP contribution in [0, 0.1) is 0 Å². The van der Waals surface area contributed by atoms with E-state index < -0.39 is 0 Å². The van der Waals surface area contributed by atoms with Crippen LogP contribution < -0.4 is 0 Å². The lowest BCUT2D eigenvalue weighted by Gasteiger charge is -2.05. The molecule has 0 N–H and O–H groups in total. The topological polar surface area (TPSA) is 17.1 Å². The number of hydrogen-bond donors (Lipinski definition) is 0. The van der Waals surface area contributed by atoms with Gasteiger partial charge in [0, 0.05) is 5.56 Å². The van der Waals surface area contributed by atoms with Crippen molar-refractivity contribution in [2.75, 3.05) is 0 Å². The van der Waals surface area contributed by atoms with Crippen molar-refractivity contribution in [3.05, 3.63) is 47.0 Å². The molecule has 1 aromatic carbocycles. The quantitative estimate of drug-likeness (QED) is 0.612. The van der Waals surface area contributed by atoms with Crippen LogP contribution >= 0.6 is 0 Å². The number of fused-ring (bicyclic) bond motifs is 1. The van der Waals surface area contributed by atoms with E-state index in [0.29, 0.717) is 0 Å². The molecule has 1 aliphatic rings. The Balaban J connectivity index is 2.65. The molecule has 0 amide bonds. The summed E-state index contributed by atoms with van der Waals surface area (Å²) in [6.07, 6.45) is 9.22. The second-order valence-corrected chi connectivity index (χ2v) is 3.41. The number of rotatable bonds is 1. The number of benzene rings is 1. The van der Waals surface area contributed by atoms with E-state index in [2.05, 4.69) is 18.2 Å². The van der Waals surface area contributed by atoms with Crippen molar-refractivity contribution in [2.24, 2.45) is 0 Å². The first-order valence-electron chi connectivity index (χ1n) is 4.76. The highest BCUT2D eigenvalue weighted by atomic mass is 16.1. The summed E-state index contributed by atoms with van der Waals surface area (Å²) < 4.78 is 0. The van der Waals surface area contributed by atoms with Crippen LogP contribution in [-0.4, -0.2) is 5.78 Å². The minimum atomic E-state index is 0.127. The van der Waals surface area contributed by atoms with Crippen LogP contribution in [-0.2, 0) is 0 Å². The largest absolute Gasteiger partial charge is 0.294 e. The first-order chi connectivity index (χ1) is 6.79. The maximum atomic E-state index is 11.4. The molecule has 14 heavy (non-hydrogen) atoms. The lowest BCUT2D eigenvalue weighted by molar-refractivity contribution is 0.101. The van der Waals surface area contributed by atoms with Crippen molar-refractivity contribution in [3.8, 4) is 0 Å². The highest BCUT2D eigenvalue weighted by Gasteiger charge is 2.08. The van der Waals surface area contributed by atoms with Crippen LogP contribution in [0.2, 0.25) is 0 Å². The Morgan fingerprint density at radius 3 is 2.79 bits per heavy atom. The molecule has 0 aromatic heterocycles. The smallest absolute Gasteiger partial charge is 0.160 e. The Hall–Kier alpha value is -1.63. The molecule has 1 aromatic rings. The van der Waals surface area contributed by atoms with Crippen LogP contribution in [0.5, 0.6) is 0 Å². The molecule has 0 fully saturated rings. The lowest BCUT2D eigenvalue weighted by Crippen LogP contribution is -1.97. The van der Waals surface area contributed by atoms with Crippen LogP contribution in [0.3, 0.4) is 0 Å². The van der Waals surface area contributed by atoms with E-state index in [9.17, 15) is 4.79 Å². The number of carbonyl (C=O) groups excluding carboxylic acids is 1. The van der Waals surface area contributed by atoms with Crippen LogP contribution in [0.25, 0.3) is 12.2 Å². The van der Waals surface area contributed by atoms with E-state index in [1.165, 1.54) is 0 Å². The fraction of sp³-hybridized carbons (Fsp3) is 0.154. The molecule has 0 saturated carbocycles. The first-order valence-corrected chi connectivity index (χ1v) is 4.76. The highest BCUT2D eigenvalue weighted by molar-refractivity contribution is 5.99. The monoisotopic (exact) mass is 184 g/mol. The standard InChI is InChI=1S/C13H12O/c1-10(14)12-9-5-7-11-6-3-2-4-8-13(11)12/h3-9H,2H2,1H3. The molecule has 0 heterocycles.